The lowest BCUT2D eigenvalue weighted by molar-refractivity contribution is -0.188. The van der Waals surface area contributed by atoms with E-state index < -0.39 is 49.6 Å². The molecular weight excluding hydrogens is 315 g/mol. The molecule has 0 radical (unpaired) electrons. The van der Waals surface area contributed by atoms with Crippen LogP contribution in [0.15, 0.2) is 24.3 Å². The zero-order chi connectivity index (χ0) is 17.2. The Labute approximate surface area is 130 Å². The Bertz CT molecular complexity index is 603. The third kappa shape index (κ3) is 4.14. The molecule has 2 atom stereocenters. The molecule has 1 aliphatic heterocycles. The number of ether oxygens (including phenoxy) is 1. The summed E-state index contributed by atoms with van der Waals surface area (Å²) in [4.78, 5) is 23.9. The normalized spacial score (nSPS) is 21.3. The maximum atomic E-state index is 12.9. The number of carbonyl (C=O) groups is 2. The molecule has 0 bridgehead atoms. The van der Waals surface area contributed by atoms with Crippen molar-refractivity contribution in [1.82, 2.24) is 4.90 Å². The molecule has 1 N–H and O–H groups in total. The van der Waals surface area contributed by atoms with Crippen molar-refractivity contribution in [2.24, 2.45) is 11.8 Å². The molecule has 1 aromatic rings. The maximum Gasteiger partial charge on any atom is 0.394 e. The van der Waals surface area contributed by atoms with Crippen LogP contribution in [0.25, 0.3) is 0 Å². The standard InChI is InChI=1S/C15H16F3NO4/c1-9-3-2-4-10(5-9)23-8-13(20)19-6-11(14(21)22)12(7-19)15(16,17)18/h2-5,11-12H,6-8H2,1H3,(H,21,22)/t11-,12-/m1/s1. The van der Waals surface area contributed by atoms with E-state index in [1.54, 1.807) is 18.2 Å². The van der Waals surface area contributed by atoms with Gasteiger partial charge in [-0.3, -0.25) is 9.59 Å². The van der Waals surface area contributed by atoms with Gasteiger partial charge in [-0.05, 0) is 24.6 Å². The number of aliphatic carboxylic acids is 1. The van der Waals surface area contributed by atoms with E-state index in [2.05, 4.69) is 0 Å². The average molecular weight is 331 g/mol. The van der Waals surface area contributed by atoms with Gasteiger partial charge in [0, 0.05) is 13.1 Å². The molecule has 0 aliphatic carbocycles. The molecule has 0 aromatic heterocycles. The van der Waals surface area contributed by atoms with Gasteiger partial charge in [0.15, 0.2) is 6.61 Å². The van der Waals surface area contributed by atoms with E-state index in [1.165, 1.54) is 0 Å². The fourth-order valence-electron chi connectivity index (χ4n) is 2.53. The van der Waals surface area contributed by atoms with Gasteiger partial charge in [-0.25, -0.2) is 0 Å². The van der Waals surface area contributed by atoms with Crippen LogP contribution in [0.3, 0.4) is 0 Å². The number of carboxylic acids is 1. The van der Waals surface area contributed by atoms with Crippen LogP contribution < -0.4 is 4.74 Å². The molecule has 23 heavy (non-hydrogen) atoms. The topological polar surface area (TPSA) is 66.8 Å². The van der Waals surface area contributed by atoms with Crippen molar-refractivity contribution in [3.8, 4) is 5.75 Å². The summed E-state index contributed by atoms with van der Waals surface area (Å²) in [5.41, 5.74) is 0.916. The summed E-state index contributed by atoms with van der Waals surface area (Å²) in [6, 6.07) is 6.88. The molecule has 0 unspecified atom stereocenters. The van der Waals surface area contributed by atoms with Crippen LogP contribution in [0, 0.1) is 18.8 Å². The maximum absolute atomic E-state index is 12.9. The van der Waals surface area contributed by atoms with Crippen LogP contribution in [-0.4, -0.2) is 47.8 Å². The molecule has 1 fully saturated rings. The molecular formula is C15H16F3NO4. The van der Waals surface area contributed by atoms with Gasteiger partial charge >= 0.3 is 12.1 Å². The van der Waals surface area contributed by atoms with Gasteiger partial charge in [0.25, 0.3) is 5.91 Å². The summed E-state index contributed by atoms with van der Waals surface area (Å²) in [5, 5.41) is 8.92. The Kier molecular flexibility index (Phi) is 4.82. The second-order valence-corrected chi connectivity index (χ2v) is 5.50. The zero-order valence-corrected chi connectivity index (χ0v) is 12.3. The molecule has 1 aromatic carbocycles. The number of hydrogen-bond acceptors (Lipinski definition) is 3. The second kappa shape index (κ2) is 6.47. The Morgan fingerprint density at radius 2 is 2.04 bits per heavy atom. The van der Waals surface area contributed by atoms with Crippen molar-refractivity contribution >= 4 is 11.9 Å². The van der Waals surface area contributed by atoms with Crippen molar-refractivity contribution in [2.75, 3.05) is 19.7 Å². The molecule has 2 rings (SSSR count). The first-order valence-corrected chi connectivity index (χ1v) is 6.95. The number of benzene rings is 1. The first-order valence-electron chi connectivity index (χ1n) is 6.95. The fourth-order valence-corrected chi connectivity index (χ4v) is 2.53. The summed E-state index contributed by atoms with van der Waals surface area (Å²) in [5.74, 6) is -5.48. The van der Waals surface area contributed by atoms with Crippen molar-refractivity contribution in [1.29, 1.82) is 0 Å². The minimum Gasteiger partial charge on any atom is -0.484 e. The molecule has 0 spiro atoms. The Morgan fingerprint density at radius 3 is 2.57 bits per heavy atom. The van der Waals surface area contributed by atoms with Crippen LogP contribution in [-0.2, 0) is 9.59 Å². The minimum atomic E-state index is -4.66. The quantitative estimate of drug-likeness (QED) is 0.917. The zero-order valence-electron chi connectivity index (χ0n) is 12.3. The molecule has 1 aliphatic rings. The van der Waals surface area contributed by atoms with Crippen LogP contribution in [0.1, 0.15) is 5.56 Å². The second-order valence-electron chi connectivity index (χ2n) is 5.50. The summed E-state index contributed by atoms with van der Waals surface area (Å²) in [7, 11) is 0. The highest BCUT2D eigenvalue weighted by atomic mass is 19.4. The minimum absolute atomic E-state index is 0.430. The monoisotopic (exact) mass is 331 g/mol. The van der Waals surface area contributed by atoms with Gasteiger partial charge in [0.1, 0.15) is 5.75 Å². The number of halogens is 3. The van der Waals surface area contributed by atoms with E-state index in [1.807, 2.05) is 13.0 Å². The van der Waals surface area contributed by atoms with Gasteiger partial charge in [0.2, 0.25) is 0 Å². The van der Waals surface area contributed by atoms with Gasteiger partial charge in [-0.1, -0.05) is 12.1 Å². The molecule has 5 nitrogen and oxygen atoms in total. The number of hydrogen-bond donors (Lipinski definition) is 1. The van der Waals surface area contributed by atoms with E-state index >= 15 is 0 Å². The number of rotatable bonds is 4. The fraction of sp³-hybridized carbons (Fsp3) is 0.467. The highest BCUT2D eigenvalue weighted by Crippen LogP contribution is 2.37. The Morgan fingerprint density at radius 1 is 1.35 bits per heavy atom. The molecule has 0 saturated carbocycles. The summed E-state index contributed by atoms with van der Waals surface area (Å²) < 4.78 is 43.9. The van der Waals surface area contributed by atoms with E-state index in [-0.39, 0.29) is 0 Å². The number of nitrogens with zero attached hydrogens (tertiary/aromatic N) is 1. The Hall–Kier alpha value is -2.25. The summed E-state index contributed by atoms with van der Waals surface area (Å²) in [6.07, 6.45) is -4.66. The van der Waals surface area contributed by atoms with Crippen molar-refractivity contribution < 1.29 is 32.6 Å². The summed E-state index contributed by atoms with van der Waals surface area (Å²) in [6.45, 7) is 0.285. The third-order valence-corrected chi connectivity index (χ3v) is 3.76. The lowest BCUT2D eigenvalue weighted by Crippen LogP contribution is -2.35. The van der Waals surface area contributed by atoms with Gasteiger partial charge in [0.05, 0.1) is 11.8 Å². The van der Waals surface area contributed by atoms with E-state index in [0.29, 0.717) is 5.75 Å². The van der Waals surface area contributed by atoms with Gasteiger partial charge in [-0.2, -0.15) is 13.2 Å². The smallest absolute Gasteiger partial charge is 0.394 e. The number of alkyl halides is 3. The van der Waals surface area contributed by atoms with Crippen LogP contribution in [0.5, 0.6) is 5.75 Å². The predicted octanol–water partition coefficient (Wildman–Crippen LogP) is 2.10. The SMILES string of the molecule is Cc1cccc(OCC(=O)N2C[C@@H](C(F)(F)F)[C@H](C(=O)O)C2)c1. The average Bonchev–Trinajstić information content (AvgIpc) is 2.90. The van der Waals surface area contributed by atoms with Crippen LogP contribution in [0.2, 0.25) is 0 Å². The van der Waals surface area contributed by atoms with E-state index in [9.17, 15) is 22.8 Å². The van der Waals surface area contributed by atoms with Crippen molar-refractivity contribution in [2.45, 2.75) is 13.1 Å². The lowest BCUT2D eigenvalue weighted by atomic mass is 9.96. The lowest BCUT2D eigenvalue weighted by Gasteiger charge is -2.18. The highest BCUT2D eigenvalue weighted by Gasteiger charge is 2.53. The highest BCUT2D eigenvalue weighted by molar-refractivity contribution is 5.80. The third-order valence-electron chi connectivity index (χ3n) is 3.76. The van der Waals surface area contributed by atoms with E-state index in [0.717, 1.165) is 10.5 Å². The number of aryl methyl sites for hydroxylation is 1. The molecule has 126 valence electrons. The number of carboxylic acid groups (broad SMARTS) is 1. The summed E-state index contributed by atoms with van der Waals surface area (Å²) >= 11 is 0. The first kappa shape index (κ1) is 17.1. The predicted molar refractivity (Wildman–Crippen MR) is 73.9 cm³/mol. The molecule has 1 amide bonds. The van der Waals surface area contributed by atoms with Crippen molar-refractivity contribution in [3.63, 3.8) is 0 Å². The van der Waals surface area contributed by atoms with Crippen molar-refractivity contribution in [3.05, 3.63) is 29.8 Å². The largest absolute Gasteiger partial charge is 0.484 e. The molecule has 1 heterocycles. The first-order chi connectivity index (χ1) is 10.7. The number of likely N-dealkylation sites (tertiary alicyclic amines) is 1. The number of amides is 1. The van der Waals surface area contributed by atoms with Gasteiger partial charge < -0.3 is 14.7 Å². The van der Waals surface area contributed by atoms with Crippen LogP contribution >= 0.6 is 0 Å². The molecule has 8 heteroatoms. The number of carbonyl (C=O) groups excluding carboxylic acids is 1. The van der Waals surface area contributed by atoms with Crippen LogP contribution in [0.4, 0.5) is 13.2 Å². The van der Waals surface area contributed by atoms with E-state index in [4.69, 9.17) is 9.84 Å². The van der Waals surface area contributed by atoms with Gasteiger partial charge in [-0.15, -0.1) is 0 Å². The Balaban J connectivity index is 1.99. The molecule has 1 saturated heterocycles.